The number of aryl methyl sites for hydroxylation is 1. The average molecular weight is 386 g/mol. The normalized spacial score (nSPS) is 10.6. The van der Waals surface area contributed by atoms with Crippen molar-refractivity contribution in [2.75, 3.05) is 17.7 Å². The molecule has 0 spiro atoms. The van der Waals surface area contributed by atoms with Crippen LogP contribution in [0.5, 0.6) is 5.75 Å². The van der Waals surface area contributed by atoms with Crippen LogP contribution in [0.25, 0.3) is 11.3 Å². The molecular weight excluding hydrogens is 364 g/mol. The molecule has 6 nitrogen and oxygen atoms in total. The summed E-state index contributed by atoms with van der Waals surface area (Å²) in [4.78, 5) is 9.34. The first kappa shape index (κ1) is 18.6. The fourth-order valence-electron chi connectivity index (χ4n) is 2.98. The van der Waals surface area contributed by atoms with E-state index in [1.807, 2.05) is 73.7 Å². The van der Waals surface area contributed by atoms with Gasteiger partial charge in [0.15, 0.2) is 0 Å². The molecule has 0 fully saturated rings. The van der Waals surface area contributed by atoms with Crippen LogP contribution in [0.4, 0.5) is 17.5 Å². The molecule has 0 saturated carbocycles. The van der Waals surface area contributed by atoms with E-state index >= 15 is 0 Å². The largest absolute Gasteiger partial charge is 0.495 e. The lowest BCUT2D eigenvalue weighted by atomic mass is 10.1. The number of aromatic nitrogens is 2. The van der Waals surface area contributed by atoms with Crippen LogP contribution in [-0.2, 0) is 6.54 Å². The first-order valence-electron chi connectivity index (χ1n) is 9.34. The van der Waals surface area contributed by atoms with Gasteiger partial charge in [-0.15, -0.1) is 0 Å². The van der Waals surface area contributed by atoms with Gasteiger partial charge in [-0.3, -0.25) is 0 Å². The summed E-state index contributed by atoms with van der Waals surface area (Å²) in [5.74, 6) is 2.75. The minimum Gasteiger partial charge on any atom is -0.495 e. The Morgan fingerprint density at radius 2 is 1.83 bits per heavy atom. The van der Waals surface area contributed by atoms with E-state index in [4.69, 9.17) is 14.1 Å². The SMILES string of the molecule is COc1ccc(C)cc1Nc1nc(NCc2ccco2)cc(-c2ccccc2)n1. The molecule has 2 aromatic heterocycles. The number of methoxy groups -OCH3 is 1. The molecule has 4 rings (SSSR count). The number of furan rings is 1. The van der Waals surface area contributed by atoms with Gasteiger partial charge in [0.2, 0.25) is 5.95 Å². The smallest absolute Gasteiger partial charge is 0.229 e. The Labute approximate surface area is 169 Å². The van der Waals surface area contributed by atoms with Crippen molar-refractivity contribution in [3.8, 4) is 17.0 Å². The Balaban J connectivity index is 1.68. The Kier molecular flexibility index (Phi) is 5.42. The second-order valence-electron chi connectivity index (χ2n) is 6.59. The highest BCUT2D eigenvalue weighted by Crippen LogP contribution is 2.29. The lowest BCUT2D eigenvalue weighted by Gasteiger charge is -2.13. The predicted octanol–water partition coefficient (Wildman–Crippen LogP) is 5.41. The van der Waals surface area contributed by atoms with E-state index in [2.05, 4.69) is 15.6 Å². The molecule has 0 aliphatic heterocycles. The van der Waals surface area contributed by atoms with Gasteiger partial charge in [0, 0.05) is 11.6 Å². The molecule has 0 bridgehead atoms. The van der Waals surface area contributed by atoms with Crippen molar-refractivity contribution in [2.24, 2.45) is 0 Å². The standard InChI is InChI=1S/C23H22N4O2/c1-16-10-11-21(28-2)20(13-16)26-23-25-19(17-7-4-3-5-8-17)14-22(27-23)24-15-18-9-6-12-29-18/h3-14H,15H2,1-2H3,(H2,24,25,26,27). The Hall–Kier alpha value is -3.80. The van der Waals surface area contributed by atoms with Crippen LogP contribution < -0.4 is 15.4 Å². The van der Waals surface area contributed by atoms with Gasteiger partial charge in [0.1, 0.15) is 17.3 Å². The molecule has 2 N–H and O–H groups in total. The first-order valence-corrected chi connectivity index (χ1v) is 9.34. The third-order valence-corrected chi connectivity index (χ3v) is 4.42. The molecule has 0 atom stereocenters. The minimum atomic E-state index is 0.484. The second-order valence-corrected chi connectivity index (χ2v) is 6.59. The van der Waals surface area contributed by atoms with Crippen molar-refractivity contribution in [3.63, 3.8) is 0 Å². The van der Waals surface area contributed by atoms with Crippen molar-refractivity contribution in [1.29, 1.82) is 0 Å². The number of ether oxygens (including phenoxy) is 1. The highest BCUT2D eigenvalue weighted by molar-refractivity contribution is 5.68. The predicted molar refractivity (Wildman–Crippen MR) is 115 cm³/mol. The summed E-state index contributed by atoms with van der Waals surface area (Å²) < 4.78 is 10.9. The highest BCUT2D eigenvalue weighted by Gasteiger charge is 2.10. The van der Waals surface area contributed by atoms with Gasteiger partial charge in [0.05, 0.1) is 31.3 Å². The average Bonchev–Trinajstić information content (AvgIpc) is 3.27. The topological polar surface area (TPSA) is 72.2 Å². The van der Waals surface area contributed by atoms with Gasteiger partial charge in [-0.1, -0.05) is 36.4 Å². The van der Waals surface area contributed by atoms with Crippen molar-refractivity contribution < 1.29 is 9.15 Å². The maximum Gasteiger partial charge on any atom is 0.229 e. The van der Waals surface area contributed by atoms with E-state index in [1.54, 1.807) is 13.4 Å². The number of rotatable bonds is 7. The summed E-state index contributed by atoms with van der Waals surface area (Å²) in [5.41, 5.74) is 3.75. The number of hydrogen-bond acceptors (Lipinski definition) is 6. The summed E-state index contributed by atoms with van der Waals surface area (Å²) in [6.45, 7) is 2.56. The second kappa shape index (κ2) is 8.48. The Morgan fingerprint density at radius 3 is 2.59 bits per heavy atom. The highest BCUT2D eigenvalue weighted by atomic mass is 16.5. The van der Waals surface area contributed by atoms with Crippen LogP contribution in [-0.4, -0.2) is 17.1 Å². The van der Waals surface area contributed by atoms with Gasteiger partial charge >= 0.3 is 0 Å². The third-order valence-electron chi connectivity index (χ3n) is 4.42. The quantitative estimate of drug-likeness (QED) is 0.442. The van der Waals surface area contributed by atoms with Crippen LogP contribution in [0.2, 0.25) is 0 Å². The van der Waals surface area contributed by atoms with Gasteiger partial charge < -0.3 is 19.8 Å². The zero-order valence-corrected chi connectivity index (χ0v) is 16.3. The Morgan fingerprint density at radius 1 is 0.966 bits per heavy atom. The first-order chi connectivity index (χ1) is 14.2. The molecule has 29 heavy (non-hydrogen) atoms. The molecule has 0 saturated heterocycles. The fraction of sp³-hybridized carbons (Fsp3) is 0.130. The van der Waals surface area contributed by atoms with E-state index < -0.39 is 0 Å². The van der Waals surface area contributed by atoms with Crippen LogP contribution in [0.1, 0.15) is 11.3 Å². The molecule has 0 unspecified atom stereocenters. The minimum absolute atomic E-state index is 0.484. The van der Waals surface area contributed by atoms with Gasteiger partial charge in [-0.2, -0.15) is 4.98 Å². The Bertz CT molecular complexity index is 1080. The molecule has 0 radical (unpaired) electrons. The van der Waals surface area contributed by atoms with Gasteiger partial charge in [0.25, 0.3) is 0 Å². The maximum absolute atomic E-state index is 5.47. The summed E-state index contributed by atoms with van der Waals surface area (Å²) in [5, 5.41) is 6.60. The number of nitrogens with zero attached hydrogens (tertiary/aromatic N) is 2. The summed E-state index contributed by atoms with van der Waals surface area (Å²) in [6, 6.07) is 21.7. The molecule has 146 valence electrons. The lowest BCUT2D eigenvalue weighted by molar-refractivity contribution is 0.416. The number of benzene rings is 2. The summed E-state index contributed by atoms with van der Waals surface area (Å²) in [6.07, 6.45) is 1.66. The fourth-order valence-corrected chi connectivity index (χ4v) is 2.98. The van der Waals surface area contributed by atoms with Crippen molar-refractivity contribution in [2.45, 2.75) is 13.5 Å². The molecule has 0 amide bonds. The van der Waals surface area contributed by atoms with Gasteiger partial charge in [-0.05, 0) is 36.8 Å². The summed E-state index contributed by atoms with van der Waals surface area (Å²) >= 11 is 0. The van der Waals surface area contributed by atoms with Crippen molar-refractivity contribution in [1.82, 2.24) is 9.97 Å². The van der Waals surface area contributed by atoms with E-state index in [1.165, 1.54) is 0 Å². The molecular formula is C23H22N4O2. The van der Waals surface area contributed by atoms with E-state index in [0.717, 1.165) is 34.0 Å². The number of hydrogen-bond donors (Lipinski definition) is 2. The van der Waals surface area contributed by atoms with Gasteiger partial charge in [-0.25, -0.2) is 4.98 Å². The van der Waals surface area contributed by atoms with E-state index in [-0.39, 0.29) is 0 Å². The van der Waals surface area contributed by atoms with Crippen LogP contribution in [0, 0.1) is 6.92 Å². The van der Waals surface area contributed by atoms with Crippen molar-refractivity contribution in [3.05, 3.63) is 84.3 Å². The van der Waals surface area contributed by atoms with Crippen LogP contribution >= 0.6 is 0 Å². The van der Waals surface area contributed by atoms with E-state index in [9.17, 15) is 0 Å². The lowest BCUT2D eigenvalue weighted by Crippen LogP contribution is -2.06. The molecule has 4 aromatic rings. The van der Waals surface area contributed by atoms with E-state index in [0.29, 0.717) is 18.3 Å². The van der Waals surface area contributed by atoms with Crippen LogP contribution in [0.15, 0.2) is 77.4 Å². The summed E-state index contributed by atoms with van der Waals surface area (Å²) in [7, 11) is 1.65. The monoisotopic (exact) mass is 386 g/mol. The zero-order chi connectivity index (χ0) is 20.1. The molecule has 0 aliphatic carbocycles. The molecule has 2 heterocycles. The van der Waals surface area contributed by atoms with Crippen molar-refractivity contribution >= 4 is 17.5 Å². The maximum atomic E-state index is 5.47. The molecule has 0 aliphatic rings. The molecule has 6 heteroatoms. The number of nitrogens with one attached hydrogen (secondary N) is 2. The van der Waals surface area contributed by atoms with Crippen LogP contribution in [0.3, 0.4) is 0 Å². The zero-order valence-electron chi connectivity index (χ0n) is 16.3. The molecule has 2 aromatic carbocycles. The number of anilines is 3. The third kappa shape index (κ3) is 4.55.